The number of amides is 1. The number of carboxylic acids is 1. The third-order valence-corrected chi connectivity index (χ3v) is 7.26. The predicted molar refractivity (Wildman–Crippen MR) is 147 cm³/mol. The van der Waals surface area contributed by atoms with E-state index in [1.54, 1.807) is 6.92 Å². The lowest BCUT2D eigenvalue weighted by atomic mass is 10.1. The van der Waals surface area contributed by atoms with Gasteiger partial charge in [0.1, 0.15) is 10.0 Å². The number of carbonyl (C=O) groups is 3. The number of ether oxygens (including phenoxy) is 1. The monoisotopic (exact) mass is 647 g/mol. The van der Waals surface area contributed by atoms with E-state index in [-0.39, 0.29) is 23.5 Å². The zero-order valence-corrected chi connectivity index (χ0v) is 24.1. The number of nitrogens with one attached hydrogen (secondary N) is 1. The van der Waals surface area contributed by atoms with Crippen LogP contribution in [0.4, 0.5) is 32.0 Å². The fraction of sp³-hybridized carbons (Fsp3) is 0.370. The van der Waals surface area contributed by atoms with E-state index in [1.165, 1.54) is 23.5 Å². The van der Waals surface area contributed by atoms with Gasteiger partial charge in [-0.25, -0.2) is 4.79 Å². The molecule has 238 valence electrons. The van der Waals surface area contributed by atoms with Gasteiger partial charge >= 0.3 is 18.5 Å². The Bertz CT molecular complexity index is 1440. The van der Waals surface area contributed by atoms with Crippen LogP contribution in [0.15, 0.2) is 48.5 Å². The summed E-state index contributed by atoms with van der Waals surface area (Å²) in [5.74, 6) is -4.22. The molecule has 3 aromatic rings. The van der Waals surface area contributed by atoms with Gasteiger partial charge in [0.05, 0.1) is 18.2 Å². The van der Waals surface area contributed by atoms with Gasteiger partial charge in [0.15, 0.2) is 11.5 Å². The lowest BCUT2D eigenvalue weighted by Gasteiger charge is -2.35. The van der Waals surface area contributed by atoms with E-state index < -0.39 is 36.2 Å². The summed E-state index contributed by atoms with van der Waals surface area (Å²) < 4.78 is 74.9. The summed E-state index contributed by atoms with van der Waals surface area (Å²) in [6.07, 6.45) is -10.1. The lowest BCUT2D eigenvalue weighted by Crippen LogP contribution is -2.51. The van der Waals surface area contributed by atoms with Crippen molar-refractivity contribution in [2.45, 2.75) is 31.9 Å². The van der Waals surface area contributed by atoms with Crippen molar-refractivity contribution in [2.75, 3.05) is 38.5 Å². The number of alkyl halides is 6. The minimum absolute atomic E-state index is 0.0882. The Morgan fingerprint density at radius 1 is 1.00 bits per heavy atom. The van der Waals surface area contributed by atoms with E-state index in [1.807, 2.05) is 42.3 Å². The van der Waals surface area contributed by atoms with E-state index in [9.17, 15) is 35.9 Å². The molecule has 4 rings (SSSR count). The third-order valence-electron chi connectivity index (χ3n) is 6.29. The molecular formula is C27H27F6N5O5S. The maximum atomic E-state index is 13.0. The van der Waals surface area contributed by atoms with E-state index in [2.05, 4.69) is 25.2 Å². The number of Topliss-reactive ketones (excluding diaryl/α,β-unsaturated/α-hetero) is 1. The molecule has 1 aliphatic rings. The molecule has 1 aromatic heterocycles. The maximum Gasteiger partial charge on any atom is 0.573 e. The third kappa shape index (κ3) is 10.3. The molecule has 1 fully saturated rings. The normalized spacial score (nSPS) is 15.1. The Labute approximate surface area is 251 Å². The van der Waals surface area contributed by atoms with Crippen LogP contribution in [0.25, 0.3) is 10.6 Å². The number of likely N-dealkylation sites (N-methyl/N-ethyl adjacent to an activating group) is 1. The standard InChI is InChI=1S/C25H26F3N5O3S.C2HF3O2/c1-16(33-12-10-32(2)11-13-33)23(35)29-19-14-18(8-9-21(19)36-25(26,27)28)20(34)15-22-30-31-24(37-22)17-6-4-3-5-7-17;3-2(4,5)1(6)7/h3-9,14,16H,10-13,15H2,1-2H3,(H,29,35);(H,6,7). The first kappa shape index (κ1) is 34.4. The average Bonchev–Trinajstić information content (AvgIpc) is 3.42. The lowest BCUT2D eigenvalue weighted by molar-refractivity contribution is -0.274. The molecule has 0 radical (unpaired) electrons. The number of halogens is 6. The minimum Gasteiger partial charge on any atom is -0.475 e. The largest absolute Gasteiger partial charge is 0.573 e. The molecule has 0 spiro atoms. The molecule has 2 heterocycles. The van der Waals surface area contributed by atoms with Gasteiger partial charge in [0.2, 0.25) is 5.91 Å². The highest BCUT2D eigenvalue weighted by Gasteiger charge is 2.38. The fourth-order valence-corrected chi connectivity index (χ4v) is 4.73. The van der Waals surface area contributed by atoms with Crippen molar-refractivity contribution < 1.29 is 50.6 Å². The minimum atomic E-state index is -5.08. The summed E-state index contributed by atoms with van der Waals surface area (Å²) in [7, 11) is 1.98. The van der Waals surface area contributed by atoms with Crippen LogP contribution in [-0.4, -0.2) is 94.6 Å². The Hall–Kier alpha value is -4.09. The number of anilines is 1. The Morgan fingerprint density at radius 2 is 1.61 bits per heavy atom. The van der Waals surface area contributed by atoms with Crippen LogP contribution in [0.1, 0.15) is 22.3 Å². The number of rotatable bonds is 8. The van der Waals surface area contributed by atoms with Crippen molar-refractivity contribution >= 4 is 34.7 Å². The first-order valence-electron chi connectivity index (χ1n) is 12.9. The Kier molecular flexibility index (Phi) is 11.4. The number of aromatic nitrogens is 2. The van der Waals surface area contributed by atoms with Crippen molar-refractivity contribution in [1.82, 2.24) is 20.0 Å². The topological polar surface area (TPSA) is 125 Å². The van der Waals surface area contributed by atoms with Crippen LogP contribution in [0.3, 0.4) is 0 Å². The summed E-state index contributed by atoms with van der Waals surface area (Å²) in [5.41, 5.74) is 0.761. The number of ketones is 1. The van der Waals surface area contributed by atoms with Crippen LogP contribution in [0.2, 0.25) is 0 Å². The number of hydrogen-bond acceptors (Lipinski definition) is 9. The molecule has 10 nitrogen and oxygen atoms in total. The van der Waals surface area contributed by atoms with Crippen LogP contribution in [0.5, 0.6) is 5.75 Å². The summed E-state index contributed by atoms with van der Waals surface area (Å²) in [6.45, 7) is 4.56. The summed E-state index contributed by atoms with van der Waals surface area (Å²) in [6, 6.07) is 12.3. The average molecular weight is 648 g/mol. The molecule has 0 aliphatic carbocycles. The van der Waals surface area contributed by atoms with Crippen LogP contribution < -0.4 is 10.1 Å². The Morgan fingerprint density at radius 3 is 2.18 bits per heavy atom. The fourth-order valence-electron chi connectivity index (χ4n) is 3.89. The molecule has 1 atom stereocenters. The highest BCUT2D eigenvalue weighted by molar-refractivity contribution is 7.14. The molecule has 1 saturated heterocycles. The number of nitrogens with zero attached hydrogens (tertiary/aromatic N) is 4. The molecule has 1 unspecified atom stereocenters. The van der Waals surface area contributed by atoms with Crippen LogP contribution in [0, 0.1) is 0 Å². The van der Waals surface area contributed by atoms with Gasteiger partial charge in [-0.2, -0.15) is 13.2 Å². The summed E-state index contributed by atoms with van der Waals surface area (Å²) in [4.78, 5) is 38.9. The SMILES string of the molecule is CC(C(=O)Nc1cc(C(=O)Cc2nnc(-c3ccccc3)s2)ccc1OC(F)(F)F)N1CCN(C)CC1.O=C(O)C(F)(F)F. The van der Waals surface area contributed by atoms with E-state index in [0.717, 1.165) is 24.7 Å². The quantitative estimate of drug-likeness (QED) is 0.264. The first-order valence-corrected chi connectivity index (χ1v) is 13.7. The molecule has 1 amide bonds. The molecule has 0 bridgehead atoms. The van der Waals surface area contributed by atoms with Crippen molar-refractivity contribution in [3.8, 4) is 16.3 Å². The molecule has 2 aromatic carbocycles. The number of aliphatic carboxylic acids is 1. The van der Waals surface area contributed by atoms with Gasteiger partial charge < -0.3 is 20.1 Å². The number of carbonyl (C=O) groups excluding carboxylic acids is 2. The second kappa shape index (κ2) is 14.6. The second-order valence-corrected chi connectivity index (χ2v) is 10.6. The van der Waals surface area contributed by atoms with E-state index in [4.69, 9.17) is 9.90 Å². The predicted octanol–water partition coefficient (Wildman–Crippen LogP) is 4.74. The maximum absolute atomic E-state index is 13.0. The van der Waals surface area contributed by atoms with Gasteiger partial charge in [-0.1, -0.05) is 41.7 Å². The van der Waals surface area contributed by atoms with Gasteiger partial charge in [-0.3, -0.25) is 14.5 Å². The van der Waals surface area contributed by atoms with Crippen molar-refractivity contribution in [3.05, 3.63) is 59.1 Å². The highest BCUT2D eigenvalue weighted by atomic mass is 32.1. The molecule has 1 aliphatic heterocycles. The molecule has 2 N–H and O–H groups in total. The summed E-state index contributed by atoms with van der Waals surface area (Å²) in [5, 5.41) is 19.0. The van der Waals surface area contributed by atoms with Gasteiger partial charge in [-0.15, -0.1) is 23.4 Å². The van der Waals surface area contributed by atoms with Crippen LogP contribution in [-0.2, 0) is 16.0 Å². The van der Waals surface area contributed by atoms with Crippen molar-refractivity contribution in [2.24, 2.45) is 0 Å². The number of carboxylic acid groups (broad SMARTS) is 1. The van der Waals surface area contributed by atoms with Gasteiger partial charge in [0.25, 0.3) is 0 Å². The zero-order valence-electron chi connectivity index (χ0n) is 23.3. The molecule has 44 heavy (non-hydrogen) atoms. The van der Waals surface area contributed by atoms with Gasteiger partial charge in [0, 0.05) is 37.3 Å². The highest BCUT2D eigenvalue weighted by Crippen LogP contribution is 2.32. The number of hydrogen-bond donors (Lipinski definition) is 2. The number of benzene rings is 2. The zero-order chi connectivity index (χ0) is 32.7. The summed E-state index contributed by atoms with van der Waals surface area (Å²) >= 11 is 1.26. The second-order valence-electron chi connectivity index (χ2n) is 9.53. The van der Waals surface area contributed by atoms with E-state index >= 15 is 0 Å². The molecule has 0 saturated carbocycles. The molecule has 17 heteroatoms. The smallest absolute Gasteiger partial charge is 0.475 e. The van der Waals surface area contributed by atoms with Crippen LogP contribution >= 0.6 is 11.3 Å². The van der Waals surface area contributed by atoms with E-state index in [0.29, 0.717) is 23.1 Å². The van der Waals surface area contributed by atoms with Gasteiger partial charge in [-0.05, 0) is 32.2 Å². The van der Waals surface area contributed by atoms with Crippen molar-refractivity contribution in [3.63, 3.8) is 0 Å². The molecular weight excluding hydrogens is 620 g/mol. The van der Waals surface area contributed by atoms with Crippen molar-refractivity contribution in [1.29, 1.82) is 0 Å². The first-order chi connectivity index (χ1) is 20.5. The Balaban J connectivity index is 0.000000676. The number of piperazine rings is 1.